The maximum absolute atomic E-state index is 5.63. The molecule has 1 aliphatic rings. The van der Waals surface area contributed by atoms with E-state index in [1.54, 1.807) is 0 Å². The molecule has 5 nitrogen and oxygen atoms in total. The van der Waals surface area contributed by atoms with Crippen LogP contribution in [0.15, 0.2) is 4.42 Å². The van der Waals surface area contributed by atoms with Crippen LogP contribution in [0.4, 0.5) is 0 Å². The SMILES string of the molecule is CC(C)NCCc1nnc(C2OCCC2C)o1. The highest BCUT2D eigenvalue weighted by Gasteiger charge is 2.30. The minimum Gasteiger partial charge on any atom is -0.422 e. The molecule has 2 rings (SSSR count). The van der Waals surface area contributed by atoms with Crippen LogP contribution < -0.4 is 5.32 Å². The summed E-state index contributed by atoms with van der Waals surface area (Å²) in [5.41, 5.74) is 0. The van der Waals surface area contributed by atoms with Crippen molar-refractivity contribution in [2.75, 3.05) is 13.2 Å². The van der Waals surface area contributed by atoms with E-state index in [2.05, 4.69) is 36.3 Å². The Kier molecular flexibility index (Phi) is 4.12. The highest BCUT2D eigenvalue weighted by atomic mass is 16.5. The summed E-state index contributed by atoms with van der Waals surface area (Å²) in [5.74, 6) is 1.79. The van der Waals surface area contributed by atoms with Crippen LogP contribution in [0.1, 0.15) is 45.1 Å². The molecule has 1 aliphatic heterocycles. The molecule has 1 aromatic heterocycles. The van der Waals surface area contributed by atoms with Crippen LogP contribution in [-0.4, -0.2) is 29.4 Å². The van der Waals surface area contributed by atoms with Gasteiger partial charge in [0.1, 0.15) is 6.10 Å². The minimum absolute atomic E-state index is 0.00527. The predicted octanol–water partition coefficient (Wildman–Crippen LogP) is 1.71. The van der Waals surface area contributed by atoms with Crippen molar-refractivity contribution in [3.63, 3.8) is 0 Å². The summed E-state index contributed by atoms with van der Waals surface area (Å²) in [6, 6.07) is 0.482. The van der Waals surface area contributed by atoms with E-state index in [1.807, 2.05) is 0 Å². The minimum atomic E-state index is -0.00527. The summed E-state index contributed by atoms with van der Waals surface area (Å²) >= 11 is 0. The van der Waals surface area contributed by atoms with E-state index in [1.165, 1.54) is 0 Å². The highest BCUT2D eigenvalue weighted by Crippen LogP contribution is 2.32. The molecule has 1 aromatic rings. The van der Waals surface area contributed by atoms with Gasteiger partial charge in [-0.15, -0.1) is 10.2 Å². The number of rotatable bonds is 5. The summed E-state index contributed by atoms with van der Waals surface area (Å²) in [6.45, 7) is 8.04. The van der Waals surface area contributed by atoms with Gasteiger partial charge in [0, 0.05) is 25.6 Å². The Bertz CT molecular complexity index is 351. The van der Waals surface area contributed by atoms with E-state index in [0.717, 1.165) is 26.0 Å². The number of aromatic nitrogens is 2. The lowest BCUT2D eigenvalue weighted by molar-refractivity contribution is 0.0704. The Morgan fingerprint density at radius 2 is 2.24 bits per heavy atom. The molecular formula is C12H21N3O2. The molecule has 17 heavy (non-hydrogen) atoms. The molecule has 1 fully saturated rings. The van der Waals surface area contributed by atoms with E-state index in [9.17, 15) is 0 Å². The van der Waals surface area contributed by atoms with Crippen LogP contribution in [0.25, 0.3) is 0 Å². The lowest BCUT2D eigenvalue weighted by Gasteiger charge is -2.08. The predicted molar refractivity (Wildman–Crippen MR) is 63.6 cm³/mol. The first-order valence-corrected chi connectivity index (χ1v) is 6.34. The summed E-state index contributed by atoms with van der Waals surface area (Å²) in [6.07, 6.45) is 1.83. The van der Waals surface area contributed by atoms with E-state index in [0.29, 0.717) is 23.7 Å². The smallest absolute Gasteiger partial charge is 0.245 e. The van der Waals surface area contributed by atoms with Crippen molar-refractivity contribution in [2.24, 2.45) is 5.92 Å². The van der Waals surface area contributed by atoms with Gasteiger partial charge in [-0.05, 0) is 12.3 Å². The monoisotopic (exact) mass is 239 g/mol. The molecule has 96 valence electrons. The molecule has 0 spiro atoms. The van der Waals surface area contributed by atoms with Crippen molar-refractivity contribution in [1.29, 1.82) is 0 Å². The fraction of sp³-hybridized carbons (Fsp3) is 0.833. The van der Waals surface area contributed by atoms with Crippen LogP contribution in [-0.2, 0) is 11.2 Å². The van der Waals surface area contributed by atoms with Crippen LogP contribution in [0.2, 0.25) is 0 Å². The highest BCUT2D eigenvalue weighted by molar-refractivity contribution is 4.92. The molecule has 1 saturated heterocycles. The first-order valence-electron chi connectivity index (χ1n) is 6.34. The maximum Gasteiger partial charge on any atom is 0.245 e. The van der Waals surface area contributed by atoms with E-state index in [-0.39, 0.29) is 6.10 Å². The van der Waals surface area contributed by atoms with Crippen molar-refractivity contribution in [3.8, 4) is 0 Å². The third-order valence-electron chi connectivity index (χ3n) is 3.00. The van der Waals surface area contributed by atoms with Gasteiger partial charge in [-0.3, -0.25) is 0 Å². The number of ether oxygens (including phenoxy) is 1. The van der Waals surface area contributed by atoms with Gasteiger partial charge >= 0.3 is 0 Å². The standard InChI is InChI=1S/C12H21N3O2/c1-8(2)13-6-4-10-14-15-12(17-10)11-9(3)5-7-16-11/h8-9,11,13H,4-7H2,1-3H3. The van der Waals surface area contributed by atoms with Gasteiger partial charge in [0.05, 0.1) is 0 Å². The number of hydrogen-bond donors (Lipinski definition) is 1. The second-order valence-corrected chi connectivity index (χ2v) is 4.95. The van der Waals surface area contributed by atoms with E-state index in [4.69, 9.17) is 9.15 Å². The Balaban J connectivity index is 1.87. The van der Waals surface area contributed by atoms with Crippen molar-refractivity contribution >= 4 is 0 Å². The van der Waals surface area contributed by atoms with Crippen LogP contribution >= 0.6 is 0 Å². The van der Waals surface area contributed by atoms with Crippen LogP contribution in [0.3, 0.4) is 0 Å². The molecule has 0 radical (unpaired) electrons. The fourth-order valence-electron chi connectivity index (χ4n) is 1.96. The zero-order valence-corrected chi connectivity index (χ0v) is 10.8. The van der Waals surface area contributed by atoms with Crippen molar-refractivity contribution in [1.82, 2.24) is 15.5 Å². The van der Waals surface area contributed by atoms with Crippen LogP contribution in [0, 0.1) is 5.92 Å². The molecule has 2 heterocycles. The van der Waals surface area contributed by atoms with Gasteiger partial charge in [-0.2, -0.15) is 0 Å². The fourth-order valence-corrected chi connectivity index (χ4v) is 1.96. The normalized spacial score (nSPS) is 24.7. The van der Waals surface area contributed by atoms with Gasteiger partial charge in [-0.25, -0.2) is 0 Å². The van der Waals surface area contributed by atoms with E-state index < -0.39 is 0 Å². The molecule has 0 bridgehead atoms. The molecule has 0 aromatic carbocycles. The largest absolute Gasteiger partial charge is 0.422 e. The zero-order valence-electron chi connectivity index (χ0n) is 10.8. The lowest BCUT2D eigenvalue weighted by atomic mass is 10.0. The first-order chi connectivity index (χ1) is 8.16. The summed E-state index contributed by atoms with van der Waals surface area (Å²) in [7, 11) is 0. The zero-order chi connectivity index (χ0) is 12.3. The molecule has 5 heteroatoms. The molecule has 1 N–H and O–H groups in total. The molecule has 0 amide bonds. The Morgan fingerprint density at radius 1 is 1.41 bits per heavy atom. The quantitative estimate of drug-likeness (QED) is 0.847. The summed E-state index contributed by atoms with van der Waals surface area (Å²) in [4.78, 5) is 0. The third-order valence-corrected chi connectivity index (χ3v) is 3.00. The van der Waals surface area contributed by atoms with Crippen molar-refractivity contribution < 1.29 is 9.15 Å². The second kappa shape index (κ2) is 5.60. The van der Waals surface area contributed by atoms with Gasteiger partial charge in [0.25, 0.3) is 0 Å². The maximum atomic E-state index is 5.63. The molecule has 2 unspecified atom stereocenters. The second-order valence-electron chi connectivity index (χ2n) is 4.95. The van der Waals surface area contributed by atoms with Crippen LogP contribution in [0.5, 0.6) is 0 Å². The van der Waals surface area contributed by atoms with Gasteiger partial charge in [0.2, 0.25) is 11.8 Å². The van der Waals surface area contributed by atoms with Gasteiger partial charge < -0.3 is 14.5 Å². The molecule has 2 atom stereocenters. The van der Waals surface area contributed by atoms with Crippen molar-refractivity contribution in [3.05, 3.63) is 11.8 Å². The average molecular weight is 239 g/mol. The molecular weight excluding hydrogens is 218 g/mol. The summed E-state index contributed by atoms with van der Waals surface area (Å²) in [5, 5.41) is 11.5. The topological polar surface area (TPSA) is 60.2 Å². The van der Waals surface area contributed by atoms with E-state index >= 15 is 0 Å². The van der Waals surface area contributed by atoms with Crippen molar-refractivity contribution in [2.45, 2.75) is 45.8 Å². The first kappa shape index (κ1) is 12.5. The lowest BCUT2D eigenvalue weighted by Crippen LogP contribution is -2.25. The number of nitrogens with one attached hydrogen (secondary N) is 1. The Labute approximate surface area is 102 Å². The van der Waals surface area contributed by atoms with Gasteiger partial charge in [0.15, 0.2) is 0 Å². The third kappa shape index (κ3) is 3.26. The Morgan fingerprint density at radius 3 is 2.88 bits per heavy atom. The molecule has 0 saturated carbocycles. The number of hydrogen-bond acceptors (Lipinski definition) is 5. The summed E-state index contributed by atoms with van der Waals surface area (Å²) < 4.78 is 11.2. The Hall–Kier alpha value is -0.940. The molecule has 0 aliphatic carbocycles. The number of nitrogens with zero attached hydrogens (tertiary/aromatic N) is 2. The van der Waals surface area contributed by atoms with Gasteiger partial charge in [-0.1, -0.05) is 20.8 Å². The average Bonchev–Trinajstić information content (AvgIpc) is 2.86.